The van der Waals surface area contributed by atoms with Crippen molar-refractivity contribution < 1.29 is 4.42 Å². The second kappa shape index (κ2) is 9.78. The molecule has 0 N–H and O–H groups in total. The van der Waals surface area contributed by atoms with Gasteiger partial charge >= 0.3 is 0 Å². The summed E-state index contributed by atoms with van der Waals surface area (Å²) in [6.07, 6.45) is 7.44. The van der Waals surface area contributed by atoms with Gasteiger partial charge in [0.05, 0.1) is 5.41 Å². The Morgan fingerprint density at radius 3 is 1.74 bits per heavy atom. The number of hydrogen-bond acceptors (Lipinski definition) is 3. The van der Waals surface area contributed by atoms with Crippen molar-refractivity contribution in [1.82, 2.24) is 10.2 Å². The van der Waals surface area contributed by atoms with Gasteiger partial charge in [0.1, 0.15) is 0 Å². The van der Waals surface area contributed by atoms with E-state index < -0.39 is 0 Å². The zero-order chi connectivity index (χ0) is 29.0. The van der Waals surface area contributed by atoms with E-state index in [0.717, 1.165) is 16.7 Å². The van der Waals surface area contributed by atoms with Crippen molar-refractivity contribution in [3.63, 3.8) is 0 Å². The lowest BCUT2D eigenvalue weighted by Crippen LogP contribution is -2.25. The minimum absolute atomic E-state index is 0.347. The molecule has 0 saturated carbocycles. The molecule has 0 atom stereocenters. The van der Waals surface area contributed by atoms with E-state index in [0.29, 0.717) is 11.8 Å². The first-order valence-corrected chi connectivity index (χ1v) is 14.6. The van der Waals surface area contributed by atoms with Crippen LogP contribution in [0.1, 0.15) is 35.1 Å². The molecule has 6 aromatic rings. The molecular weight excluding hydrogens is 524 g/mol. The molecule has 1 heterocycles. The Kier molecular flexibility index (Phi) is 5.73. The molecule has 0 bridgehead atoms. The van der Waals surface area contributed by atoms with Gasteiger partial charge in [-0.05, 0) is 86.8 Å². The van der Waals surface area contributed by atoms with Crippen molar-refractivity contribution in [2.24, 2.45) is 0 Å². The molecule has 0 saturated heterocycles. The molecule has 1 aromatic heterocycles. The quantitative estimate of drug-likeness (QED) is 0.199. The molecule has 0 radical (unpaired) electrons. The highest BCUT2D eigenvalue weighted by Crippen LogP contribution is 2.62. The molecule has 1 spiro atoms. The summed E-state index contributed by atoms with van der Waals surface area (Å²) in [5, 5.41) is 8.57. The number of fused-ring (bicyclic) bond motifs is 10. The van der Waals surface area contributed by atoms with Gasteiger partial charge in [0, 0.05) is 11.1 Å². The highest BCUT2D eigenvalue weighted by molar-refractivity contribution is 5.95. The minimum atomic E-state index is -0.347. The molecule has 2 aliphatic rings. The molecule has 3 nitrogen and oxygen atoms in total. The van der Waals surface area contributed by atoms with Crippen molar-refractivity contribution in [1.29, 1.82) is 0 Å². The molecule has 8 rings (SSSR count). The van der Waals surface area contributed by atoms with Crippen LogP contribution in [0.3, 0.4) is 0 Å². The Morgan fingerprint density at radius 2 is 1.16 bits per heavy atom. The van der Waals surface area contributed by atoms with Gasteiger partial charge in [-0.2, -0.15) is 0 Å². The van der Waals surface area contributed by atoms with Crippen LogP contribution in [-0.2, 0) is 5.41 Å². The SMILES string of the molecule is C=C/C=C\C(=C/C)c1nnc(-c2ccc(-c3ccc4c(c3)C3(c5ccccc5-c5ccccc53)c3ccccc3-4)cc2)o1. The zero-order valence-electron chi connectivity index (χ0n) is 23.8. The van der Waals surface area contributed by atoms with Crippen LogP contribution in [0.25, 0.3) is 50.4 Å². The second-order valence-corrected chi connectivity index (χ2v) is 11.0. The second-order valence-electron chi connectivity index (χ2n) is 11.0. The third-order valence-electron chi connectivity index (χ3n) is 8.86. The summed E-state index contributed by atoms with van der Waals surface area (Å²) in [5.74, 6) is 0.982. The number of rotatable bonds is 5. The third kappa shape index (κ3) is 3.61. The fourth-order valence-electron chi connectivity index (χ4n) is 7.00. The lowest BCUT2D eigenvalue weighted by atomic mass is 9.70. The van der Waals surface area contributed by atoms with Crippen molar-refractivity contribution >= 4 is 5.57 Å². The highest BCUT2D eigenvalue weighted by Gasteiger charge is 2.51. The molecule has 43 heavy (non-hydrogen) atoms. The summed E-state index contributed by atoms with van der Waals surface area (Å²) >= 11 is 0. The minimum Gasteiger partial charge on any atom is -0.416 e. The van der Waals surface area contributed by atoms with Crippen LogP contribution in [-0.4, -0.2) is 10.2 Å². The van der Waals surface area contributed by atoms with Crippen LogP contribution < -0.4 is 0 Å². The van der Waals surface area contributed by atoms with E-state index >= 15 is 0 Å². The van der Waals surface area contributed by atoms with E-state index in [9.17, 15) is 0 Å². The number of benzene rings is 5. The van der Waals surface area contributed by atoms with Crippen LogP contribution in [0.4, 0.5) is 0 Å². The Hall–Kier alpha value is -5.54. The monoisotopic (exact) mass is 552 g/mol. The lowest BCUT2D eigenvalue weighted by molar-refractivity contribution is 0.554. The van der Waals surface area contributed by atoms with Gasteiger partial charge in [-0.3, -0.25) is 0 Å². The van der Waals surface area contributed by atoms with Crippen molar-refractivity contribution in [2.75, 3.05) is 0 Å². The largest absolute Gasteiger partial charge is 0.416 e. The predicted octanol–water partition coefficient (Wildman–Crippen LogP) is 9.89. The summed E-state index contributed by atoms with van der Waals surface area (Å²) in [5.41, 5.74) is 14.3. The van der Waals surface area contributed by atoms with E-state index in [4.69, 9.17) is 4.42 Å². The van der Waals surface area contributed by atoms with E-state index in [-0.39, 0.29) is 5.41 Å². The van der Waals surface area contributed by atoms with Crippen molar-refractivity contribution in [3.05, 3.63) is 174 Å². The van der Waals surface area contributed by atoms with E-state index in [2.05, 4.69) is 132 Å². The number of nitrogens with zero attached hydrogens (tertiary/aromatic N) is 2. The average Bonchev–Trinajstić information content (AvgIpc) is 3.75. The topological polar surface area (TPSA) is 38.9 Å². The summed E-state index contributed by atoms with van der Waals surface area (Å²) < 4.78 is 6.02. The average molecular weight is 553 g/mol. The van der Waals surface area contributed by atoms with Gasteiger partial charge < -0.3 is 4.42 Å². The third-order valence-corrected chi connectivity index (χ3v) is 8.86. The first kappa shape index (κ1) is 25.2. The van der Waals surface area contributed by atoms with Crippen LogP contribution in [0.5, 0.6) is 0 Å². The first-order chi connectivity index (χ1) is 21.2. The van der Waals surface area contributed by atoms with Crippen LogP contribution in [0.2, 0.25) is 0 Å². The van der Waals surface area contributed by atoms with Gasteiger partial charge in [-0.15, -0.1) is 10.2 Å². The molecule has 0 amide bonds. The Bertz CT molecular complexity index is 2050. The number of aromatic nitrogens is 2. The maximum absolute atomic E-state index is 6.02. The Labute approximate surface area is 251 Å². The smallest absolute Gasteiger partial charge is 0.248 e. The maximum atomic E-state index is 6.02. The molecule has 204 valence electrons. The zero-order valence-corrected chi connectivity index (χ0v) is 23.8. The molecular formula is C40H28N2O. The van der Waals surface area contributed by atoms with Crippen LogP contribution in [0, 0.1) is 0 Å². The molecule has 0 aliphatic heterocycles. The summed E-state index contributed by atoms with van der Waals surface area (Å²) in [7, 11) is 0. The van der Waals surface area contributed by atoms with Gasteiger partial charge in [-0.25, -0.2) is 0 Å². The van der Waals surface area contributed by atoms with Crippen molar-refractivity contribution in [2.45, 2.75) is 12.3 Å². The molecule has 3 heteroatoms. The molecule has 0 fully saturated rings. The van der Waals surface area contributed by atoms with E-state index in [1.165, 1.54) is 50.1 Å². The van der Waals surface area contributed by atoms with Gasteiger partial charge in [0.2, 0.25) is 11.8 Å². The maximum Gasteiger partial charge on any atom is 0.248 e. The van der Waals surface area contributed by atoms with Crippen LogP contribution in [0.15, 0.2) is 151 Å². The molecule has 5 aromatic carbocycles. The van der Waals surface area contributed by atoms with E-state index in [1.807, 2.05) is 25.2 Å². The molecule has 0 unspecified atom stereocenters. The van der Waals surface area contributed by atoms with Crippen molar-refractivity contribution in [3.8, 4) is 44.8 Å². The Morgan fingerprint density at radius 1 is 0.628 bits per heavy atom. The summed E-state index contributed by atoms with van der Waals surface area (Å²) in [6.45, 7) is 5.68. The summed E-state index contributed by atoms with van der Waals surface area (Å²) in [6, 6.07) is 42.1. The fourth-order valence-corrected chi connectivity index (χ4v) is 7.00. The Balaban J connectivity index is 1.24. The predicted molar refractivity (Wildman–Crippen MR) is 174 cm³/mol. The normalized spacial score (nSPS) is 14.0. The summed E-state index contributed by atoms with van der Waals surface area (Å²) in [4.78, 5) is 0. The van der Waals surface area contributed by atoms with Gasteiger partial charge in [0.25, 0.3) is 0 Å². The number of hydrogen-bond donors (Lipinski definition) is 0. The van der Waals surface area contributed by atoms with Gasteiger partial charge in [-0.1, -0.05) is 122 Å². The molecule has 2 aliphatic carbocycles. The highest BCUT2D eigenvalue weighted by atomic mass is 16.4. The van der Waals surface area contributed by atoms with Gasteiger partial charge in [0.15, 0.2) is 0 Å². The van der Waals surface area contributed by atoms with E-state index in [1.54, 1.807) is 6.08 Å². The number of allylic oxidation sites excluding steroid dienone is 5. The fraction of sp³-hybridized carbons (Fsp3) is 0.0500. The first-order valence-electron chi connectivity index (χ1n) is 14.6. The lowest BCUT2D eigenvalue weighted by Gasteiger charge is -2.30. The standard InChI is InChI=1S/C40H28N2O/c1-3-5-12-26(4-2)38-41-42-39(43-38)28-21-19-27(20-22-28)29-23-24-33-32-15-8-11-18-36(32)40(37(33)25-29)34-16-9-6-13-30(34)31-14-7-10-17-35(31)40/h3-25H,1H2,2H3/b12-5-,26-4+. The van der Waals surface area contributed by atoms with Crippen LogP contribution >= 0.6 is 0 Å².